The molecule has 6 amide bonds. The highest BCUT2D eigenvalue weighted by Gasteiger charge is 2.55. The molecule has 2 aromatic carbocycles. The summed E-state index contributed by atoms with van der Waals surface area (Å²) in [7, 11) is 1.25. The number of hydrogen-bond donors (Lipinski definition) is 11. The molecule has 2 aromatic rings. The molecule has 2 aliphatic heterocycles. The molecule has 0 aromatic heterocycles. The van der Waals surface area contributed by atoms with Crippen LogP contribution < -0.4 is 31.9 Å². The monoisotopic (exact) mass is 1270 g/mol. The molecule has 0 bridgehead atoms. The number of aliphatic hydroxyl groups excluding tert-OH is 4. The molecule has 1 aliphatic carbocycles. The highest BCUT2D eigenvalue weighted by atomic mass is 16.7. The van der Waals surface area contributed by atoms with Crippen molar-refractivity contribution in [2.45, 2.75) is 191 Å². The third-order valence-corrected chi connectivity index (χ3v) is 13.3. The predicted octanol–water partition coefficient (Wildman–Crippen LogP) is 2.11. The number of benzene rings is 2. The minimum Gasteiger partial charge on any atom is -0.466 e. The fraction of sp³-hybridized carbons (Fsp3) is 0.643. The zero-order chi connectivity index (χ0) is 66.3. The number of alkyl carbamates (subject to hydrolysis) is 4. The summed E-state index contributed by atoms with van der Waals surface area (Å²) in [6.45, 7) is 13.2. The molecule has 2 fully saturated rings. The average molecular weight is 1270 g/mol. The van der Waals surface area contributed by atoms with Gasteiger partial charge in [0.1, 0.15) is 71.9 Å². The SMILES string of the molecule is CN(C(=O)OC(C)(C)C)[C@@H]1[C@@H](O)[C@@H](O[C@@H]2[C@@H](O)[C@H](O[C@H]3OC(CNCC(O)CNC(=O)OC(C)(C)C)=CC[C@H]3NC(=O)OCc3ccc([N+](=O)[O-])cc3)[C@@H](NC(=O)OCc3ccc([N+](=O)[O-])cc3)C[C@H]2NC(=O)[C@@H](O)CNC(=O)OC(C)(C)C)OC[C@]1(C)O. The summed E-state index contributed by atoms with van der Waals surface area (Å²) in [5, 5.41) is 96.4. The summed E-state index contributed by atoms with van der Waals surface area (Å²) in [6.07, 6.45) is -18.5. The molecule has 13 atom stereocenters. The van der Waals surface area contributed by atoms with Crippen molar-refractivity contribution in [1.82, 2.24) is 36.8 Å². The molecule has 11 N–H and O–H groups in total. The van der Waals surface area contributed by atoms with Crippen LogP contribution in [0, 0.1) is 20.2 Å². The Morgan fingerprint density at radius 1 is 0.674 bits per heavy atom. The maximum Gasteiger partial charge on any atom is 0.410 e. The Morgan fingerprint density at radius 2 is 1.15 bits per heavy atom. The second-order valence-corrected chi connectivity index (χ2v) is 24.6. The van der Waals surface area contributed by atoms with Crippen molar-refractivity contribution in [2.24, 2.45) is 0 Å². The van der Waals surface area contributed by atoms with Crippen molar-refractivity contribution >= 4 is 47.7 Å². The smallest absolute Gasteiger partial charge is 0.410 e. The third kappa shape index (κ3) is 23.0. The van der Waals surface area contributed by atoms with Gasteiger partial charge in [-0.1, -0.05) is 0 Å². The van der Waals surface area contributed by atoms with Crippen LogP contribution in [-0.2, 0) is 60.6 Å². The molecular weight excluding hydrogens is 1180 g/mol. The number of nitrogens with one attached hydrogen (secondary N) is 6. The van der Waals surface area contributed by atoms with Crippen LogP contribution in [0.3, 0.4) is 0 Å². The Hall–Kier alpha value is -7.76. The van der Waals surface area contributed by atoms with Gasteiger partial charge < -0.3 is 105 Å². The van der Waals surface area contributed by atoms with E-state index in [1.54, 1.807) is 68.4 Å². The van der Waals surface area contributed by atoms with Crippen molar-refractivity contribution in [3.63, 3.8) is 0 Å². The van der Waals surface area contributed by atoms with Gasteiger partial charge in [-0.05, 0) is 124 Å². The van der Waals surface area contributed by atoms with E-state index in [-0.39, 0.29) is 49.8 Å². The topological polar surface area (TPSA) is 448 Å². The quantitative estimate of drug-likeness (QED) is 0.0431. The molecule has 3 aliphatic rings. The van der Waals surface area contributed by atoms with Crippen molar-refractivity contribution in [1.29, 1.82) is 0 Å². The van der Waals surface area contributed by atoms with Crippen molar-refractivity contribution in [3.8, 4) is 0 Å². The summed E-state index contributed by atoms with van der Waals surface area (Å²) in [5.74, 6) is -1.05. The number of likely N-dealkylation sites (N-methyl/N-ethyl adjacent to an activating group) is 1. The fourth-order valence-corrected chi connectivity index (χ4v) is 9.25. The van der Waals surface area contributed by atoms with E-state index in [4.69, 9.17) is 42.6 Å². The summed E-state index contributed by atoms with van der Waals surface area (Å²) in [4.78, 5) is 102. The fourth-order valence-electron chi connectivity index (χ4n) is 9.25. The normalized spacial score (nSPS) is 25.2. The highest BCUT2D eigenvalue weighted by Crippen LogP contribution is 2.35. The second kappa shape index (κ2) is 31.1. The number of amides is 6. The van der Waals surface area contributed by atoms with Gasteiger partial charge in [-0.25, -0.2) is 24.0 Å². The number of non-ortho nitro benzene ring substituents is 2. The van der Waals surface area contributed by atoms with Crippen molar-refractivity contribution < 1.29 is 107 Å². The van der Waals surface area contributed by atoms with Gasteiger partial charge in [0.2, 0.25) is 6.29 Å². The molecule has 1 saturated carbocycles. The third-order valence-electron chi connectivity index (χ3n) is 13.3. The molecule has 1 unspecified atom stereocenters. The molecule has 33 nitrogen and oxygen atoms in total. The zero-order valence-electron chi connectivity index (χ0n) is 51.3. The lowest BCUT2D eigenvalue weighted by molar-refractivity contribution is -0.385. The Labute approximate surface area is 512 Å². The van der Waals surface area contributed by atoms with E-state index in [0.717, 1.165) is 4.90 Å². The lowest BCUT2D eigenvalue weighted by Gasteiger charge is -2.50. The first kappa shape index (κ1) is 72.0. The predicted molar refractivity (Wildman–Crippen MR) is 308 cm³/mol. The number of hydrogen-bond acceptors (Lipinski definition) is 25. The molecule has 5 rings (SSSR count). The molecule has 89 heavy (non-hydrogen) atoms. The lowest BCUT2D eigenvalue weighted by atomic mass is 9.82. The van der Waals surface area contributed by atoms with Gasteiger partial charge in [-0.3, -0.25) is 25.0 Å². The van der Waals surface area contributed by atoms with Crippen LogP contribution in [-0.4, -0.2) is 212 Å². The summed E-state index contributed by atoms with van der Waals surface area (Å²) >= 11 is 0. The van der Waals surface area contributed by atoms with Crippen LogP contribution in [0.25, 0.3) is 0 Å². The summed E-state index contributed by atoms with van der Waals surface area (Å²) in [5.41, 5.74) is -4.58. The highest BCUT2D eigenvalue weighted by molar-refractivity contribution is 5.82. The van der Waals surface area contributed by atoms with E-state index < -0.39 is 168 Å². The van der Waals surface area contributed by atoms with Gasteiger partial charge in [0, 0.05) is 44.4 Å². The van der Waals surface area contributed by atoms with Gasteiger partial charge in [0.15, 0.2) is 6.29 Å². The molecule has 33 heteroatoms. The number of ether oxygens (including phenoxy) is 9. The minimum absolute atomic E-state index is 0.0995. The molecule has 496 valence electrons. The van der Waals surface area contributed by atoms with Crippen LogP contribution in [0.5, 0.6) is 0 Å². The molecule has 1 saturated heterocycles. The van der Waals surface area contributed by atoms with E-state index in [0.29, 0.717) is 11.1 Å². The van der Waals surface area contributed by atoms with Crippen molar-refractivity contribution in [2.75, 3.05) is 39.8 Å². The first-order valence-electron chi connectivity index (χ1n) is 28.3. The van der Waals surface area contributed by atoms with E-state index >= 15 is 0 Å². The van der Waals surface area contributed by atoms with E-state index in [2.05, 4.69) is 31.9 Å². The van der Waals surface area contributed by atoms with Gasteiger partial charge in [-0.2, -0.15) is 0 Å². The van der Waals surface area contributed by atoms with E-state index in [1.165, 1.54) is 62.5 Å². The number of aliphatic hydroxyl groups is 5. The van der Waals surface area contributed by atoms with Gasteiger partial charge in [0.25, 0.3) is 17.3 Å². The van der Waals surface area contributed by atoms with Gasteiger partial charge in [0.05, 0.1) is 59.8 Å². The molecule has 0 radical (unpaired) electrons. The van der Waals surface area contributed by atoms with Gasteiger partial charge >= 0.3 is 30.5 Å². The maximum absolute atomic E-state index is 14.0. The van der Waals surface area contributed by atoms with Gasteiger partial charge in [-0.15, -0.1) is 0 Å². The standard InChI is InChI=1S/C56H83N9O24/c1-53(2,3)87-48(71)58-24-34(66)23-57-25-35-20-21-36(61-50(73)81-27-30-12-16-32(17-13-30)64(77)78)46(84-35)85-43-38(62-51(74)82-28-31-14-18-33(19-15-31)65(79)80)22-37(60-45(70)39(67)26-59-49(72)88-54(4,5)6)42(40(43)68)86-47-41(69)44(56(10,76)29-83-47)63(11)52(75)89-55(7,8)9/h12-20,34,36-44,46-47,57,66-69,76H,21-29H2,1-11H3,(H,58,71)(H,59,72)(H,60,70)(H,61,73)(H,62,74)/t34?,36-,37-,38+,39+,40-,41-,42+,43-,44-,46-,47-,56+/m1/s1. The molecular formula is C56H83N9O24. The number of nitro benzene ring substituents is 2. The number of carbonyl (C=O) groups is 6. The Balaban J connectivity index is 1.53. The van der Waals surface area contributed by atoms with Crippen LogP contribution in [0.4, 0.5) is 35.3 Å². The Kier molecular flexibility index (Phi) is 25.2. The number of carbonyl (C=O) groups excluding carboxylic acids is 6. The first-order valence-corrected chi connectivity index (χ1v) is 28.3. The van der Waals surface area contributed by atoms with Crippen LogP contribution >= 0.6 is 0 Å². The first-order chi connectivity index (χ1) is 41.4. The van der Waals surface area contributed by atoms with Crippen LogP contribution in [0.1, 0.15) is 93.2 Å². The zero-order valence-corrected chi connectivity index (χ0v) is 51.3. The van der Waals surface area contributed by atoms with E-state index in [9.17, 15) is 74.5 Å². The number of rotatable bonds is 23. The van der Waals surface area contributed by atoms with Crippen LogP contribution in [0.2, 0.25) is 0 Å². The molecule has 2 heterocycles. The second-order valence-electron chi connectivity index (χ2n) is 24.6. The maximum atomic E-state index is 14.0. The Morgan fingerprint density at radius 3 is 1.64 bits per heavy atom. The van der Waals surface area contributed by atoms with E-state index in [1.807, 2.05) is 0 Å². The largest absolute Gasteiger partial charge is 0.466 e. The van der Waals surface area contributed by atoms with Crippen LogP contribution in [0.15, 0.2) is 60.4 Å². The summed E-state index contributed by atoms with van der Waals surface area (Å²) in [6, 6.07) is 4.35. The number of nitrogens with zero attached hydrogens (tertiary/aromatic N) is 3. The molecule has 0 spiro atoms. The summed E-state index contributed by atoms with van der Waals surface area (Å²) < 4.78 is 52.1. The average Bonchev–Trinajstić information content (AvgIpc) is 1.10. The lowest BCUT2D eigenvalue weighted by Crippen LogP contribution is -2.71. The van der Waals surface area contributed by atoms with Crippen molar-refractivity contribution in [3.05, 3.63) is 91.7 Å². The minimum atomic E-state index is -2.12. The Bertz CT molecular complexity index is 2790. The number of nitro groups is 2.